The van der Waals surface area contributed by atoms with Gasteiger partial charge in [-0.2, -0.15) is 4.73 Å². The van der Waals surface area contributed by atoms with Crippen molar-refractivity contribution in [3.8, 4) is 0 Å². The molecule has 0 spiro atoms. The lowest BCUT2D eigenvalue weighted by Gasteiger charge is -2.17. The summed E-state index contributed by atoms with van der Waals surface area (Å²) in [5.74, 6) is -0.347. The van der Waals surface area contributed by atoms with Crippen molar-refractivity contribution in [3.63, 3.8) is 0 Å². The molecule has 1 atom stereocenters. The van der Waals surface area contributed by atoms with Gasteiger partial charge in [-0.25, -0.2) is 4.98 Å². The summed E-state index contributed by atoms with van der Waals surface area (Å²) in [7, 11) is 0. The topological polar surface area (TPSA) is 89.2 Å². The van der Waals surface area contributed by atoms with Gasteiger partial charge in [0.05, 0.1) is 0 Å². The fourth-order valence-corrected chi connectivity index (χ4v) is 3.91. The molecule has 0 aromatic carbocycles. The lowest BCUT2D eigenvalue weighted by Crippen LogP contribution is -2.44. The maximum Gasteiger partial charge on any atom is 0.319 e. The molecular formula is C30H42N4O3. The van der Waals surface area contributed by atoms with Gasteiger partial charge in [0.2, 0.25) is 12.1 Å². The zero-order chi connectivity index (χ0) is 26.7. The van der Waals surface area contributed by atoms with E-state index in [1.54, 1.807) is 11.8 Å². The second-order valence-electron chi connectivity index (χ2n) is 9.14. The largest absolute Gasteiger partial charge is 0.618 e. The van der Waals surface area contributed by atoms with Gasteiger partial charge in [-0.15, -0.1) is 0 Å². The summed E-state index contributed by atoms with van der Waals surface area (Å²) in [5, 5.41) is 14.7. The van der Waals surface area contributed by atoms with Gasteiger partial charge < -0.3 is 15.4 Å². The van der Waals surface area contributed by atoms with Gasteiger partial charge >= 0.3 is 5.91 Å². The Morgan fingerprint density at radius 2 is 1.62 bits per heavy atom. The van der Waals surface area contributed by atoms with Crippen molar-refractivity contribution in [1.82, 2.24) is 15.2 Å². The zero-order valence-electron chi connectivity index (χ0n) is 22.4. The molecule has 7 heteroatoms. The molecule has 200 valence electrons. The van der Waals surface area contributed by atoms with Crippen LogP contribution in [0.1, 0.15) is 80.9 Å². The molecule has 0 bridgehead atoms. The minimum absolute atomic E-state index is 0.0348. The average Bonchev–Trinajstić information content (AvgIpc) is 3.34. The van der Waals surface area contributed by atoms with Crippen molar-refractivity contribution in [2.24, 2.45) is 0 Å². The molecule has 1 saturated heterocycles. The molecule has 2 amide bonds. The van der Waals surface area contributed by atoms with Crippen molar-refractivity contribution in [2.75, 3.05) is 13.1 Å². The Balaban J connectivity index is 1.53. The smallest absolute Gasteiger partial charge is 0.319 e. The SMILES string of the molecule is CCC=CCC=CCC=CCC=CCC=CCCCC(=O)N1CC[C@@H](NC(=O)c2cnc(C)c[n+]2[O-])C1. The Labute approximate surface area is 221 Å². The van der Waals surface area contributed by atoms with Gasteiger partial charge in [-0.1, -0.05) is 67.7 Å². The maximum absolute atomic E-state index is 12.5. The summed E-state index contributed by atoms with van der Waals surface area (Å²) >= 11 is 0. The second kappa shape index (κ2) is 17.9. The lowest BCUT2D eigenvalue weighted by molar-refractivity contribution is -0.608. The van der Waals surface area contributed by atoms with E-state index in [9.17, 15) is 14.8 Å². The molecule has 1 aliphatic heterocycles. The number of rotatable bonds is 15. The van der Waals surface area contributed by atoms with Crippen LogP contribution in [0.2, 0.25) is 0 Å². The highest BCUT2D eigenvalue weighted by molar-refractivity contribution is 5.91. The molecule has 7 nitrogen and oxygen atoms in total. The number of hydrogen-bond acceptors (Lipinski definition) is 4. The molecule has 0 unspecified atom stereocenters. The summed E-state index contributed by atoms with van der Waals surface area (Å²) in [4.78, 5) is 30.7. The Hall–Kier alpha value is -3.48. The van der Waals surface area contributed by atoms with Crippen molar-refractivity contribution in [1.29, 1.82) is 0 Å². The van der Waals surface area contributed by atoms with Crippen LogP contribution in [0, 0.1) is 12.1 Å². The number of nitrogens with one attached hydrogen (secondary N) is 1. The number of allylic oxidation sites excluding steroid dienone is 10. The number of aromatic nitrogens is 2. The number of nitrogens with zero attached hydrogens (tertiary/aromatic N) is 3. The molecule has 0 radical (unpaired) electrons. The minimum Gasteiger partial charge on any atom is -0.618 e. The third kappa shape index (κ3) is 12.4. The fraction of sp³-hybridized carbons (Fsp3) is 0.467. The summed E-state index contributed by atoms with van der Waals surface area (Å²) in [5.41, 5.74) is 0.515. The van der Waals surface area contributed by atoms with E-state index in [0.717, 1.165) is 44.9 Å². The average molecular weight is 507 g/mol. The molecule has 1 fully saturated rings. The van der Waals surface area contributed by atoms with E-state index < -0.39 is 5.91 Å². The van der Waals surface area contributed by atoms with Crippen molar-refractivity contribution < 1.29 is 14.3 Å². The summed E-state index contributed by atoms with van der Waals surface area (Å²) in [6.07, 6.45) is 32.1. The van der Waals surface area contributed by atoms with Crippen molar-refractivity contribution >= 4 is 11.8 Å². The van der Waals surface area contributed by atoms with Crippen LogP contribution in [0.25, 0.3) is 0 Å². The van der Waals surface area contributed by atoms with E-state index in [2.05, 4.69) is 78.0 Å². The predicted molar refractivity (Wildman–Crippen MR) is 149 cm³/mol. The summed E-state index contributed by atoms with van der Waals surface area (Å²) < 4.78 is 0.532. The molecule has 2 heterocycles. The van der Waals surface area contributed by atoms with Crippen LogP contribution in [-0.4, -0.2) is 40.8 Å². The lowest BCUT2D eigenvalue weighted by atomic mass is 10.2. The molecule has 1 aromatic rings. The molecular weight excluding hydrogens is 464 g/mol. The Bertz CT molecular complexity index is 995. The van der Waals surface area contributed by atoms with E-state index in [-0.39, 0.29) is 17.6 Å². The predicted octanol–water partition coefficient (Wildman–Crippen LogP) is 5.28. The van der Waals surface area contributed by atoms with Gasteiger partial charge in [-0.05, 0) is 58.3 Å². The molecule has 1 N–H and O–H groups in total. The number of amides is 2. The van der Waals surface area contributed by atoms with E-state index in [4.69, 9.17) is 0 Å². The first-order valence-corrected chi connectivity index (χ1v) is 13.4. The standard InChI is InChI=1S/C30H42N4O3/c1-3-4-5-6-7-8-9-10-11-12-13-14-15-16-17-18-19-20-29(35)33-22-21-27(25-33)32-30(36)28-23-31-26(2)24-34(28)37/h4-5,7-8,10-11,13-14,16-17,23-24,27H,3,6,9,12,15,18-22,25H2,1-2H3,(H,32,36)/t27-/m1/s1. The van der Waals surface area contributed by atoms with E-state index >= 15 is 0 Å². The Morgan fingerprint density at radius 1 is 1.03 bits per heavy atom. The third-order valence-electron chi connectivity index (χ3n) is 5.96. The van der Waals surface area contributed by atoms with E-state index in [0.29, 0.717) is 36.4 Å². The third-order valence-corrected chi connectivity index (χ3v) is 5.96. The van der Waals surface area contributed by atoms with Gasteiger partial charge in [-0.3, -0.25) is 9.59 Å². The number of likely N-dealkylation sites (tertiary alicyclic amines) is 1. The van der Waals surface area contributed by atoms with Crippen LogP contribution >= 0.6 is 0 Å². The summed E-state index contributed by atoms with van der Waals surface area (Å²) in [6.45, 7) is 4.93. The van der Waals surface area contributed by atoms with Gasteiger partial charge in [0.15, 0.2) is 0 Å². The number of carbonyl (C=O) groups excluding carboxylic acids is 2. The highest BCUT2D eigenvalue weighted by atomic mass is 16.5. The van der Waals surface area contributed by atoms with Crippen LogP contribution in [0.5, 0.6) is 0 Å². The Morgan fingerprint density at radius 3 is 2.22 bits per heavy atom. The number of carbonyl (C=O) groups is 2. The first kappa shape index (κ1) is 29.7. The highest BCUT2D eigenvalue weighted by Crippen LogP contribution is 2.13. The van der Waals surface area contributed by atoms with Crippen LogP contribution in [0.4, 0.5) is 0 Å². The van der Waals surface area contributed by atoms with Crippen molar-refractivity contribution in [2.45, 2.75) is 77.7 Å². The fourth-order valence-electron chi connectivity index (χ4n) is 3.91. The molecule has 1 aliphatic rings. The van der Waals surface area contributed by atoms with E-state index in [1.807, 2.05) is 0 Å². The van der Waals surface area contributed by atoms with Crippen LogP contribution < -0.4 is 10.0 Å². The van der Waals surface area contributed by atoms with Crippen molar-refractivity contribution in [3.05, 3.63) is 89.7 Å². The minimum atomic E-state index is -0.458. The Kier molecular flexibility index (Phi) is 14.4. The molecule has 0 saturated carbocycles. The van der Waals surface area contributed by atoms with Crippen LogP contribution in [0.3, 0.4) is 0 Å². The number of unbranched alkanes of at least 4 members (excludes halogenated alkanes) is 1. The number of aryl methyl sites for hydroxylation is 1. The maximum atomic E-state index is 12.5. The second-order valence-corrected chi connectivity index (χ2v) is 9.14. The molecule has 1 aromatic heterocycles. The number of hydrogen-bond donors (Lipinski definition) is 1. The monoisotopic (exact) mass is 506 g/mol. The first-order valence-electron chi connectivity index (χ1n) is 13.4. The quantitative estimate of drug-likeness (QED) is 0.152. The molecule has 37 heavy (non-hydrogen) atoms. The van der Waals surface area contributed by atoms with Gasteiger partial charge in [0, 0.05) is 25.6 Å². The van der Waals surface area contributed by atoms with E-state index in [1.165, 1.54) is 12.4 Å². The highest BCUT2D eigenvalue weighted by Gasteiger charge is 2.29. The van der Waals surface area contributed by atoms with Crippen LogP contribution in [-0.2, 0) is 4.79 Å². The molecule has 0 aliphatic carbocycles. The van der Waals surface area contributed by atoms with Gasteiger partial charge in [0.25, 0.3) is 5.69 Å². The summed E-state index contributed by atoms with van der Waals surface area (Å²) in [6, 6.07) is -0.149. The first-order chi connectivity index (χ1) is 18.0. The molecule has 2 rings (SSSR count). The van der Waals surface area contributed by atoms with Gasteiger partial charge in [0.1, 0.15) is 11.9 Å². The van der Waals surface area contributed by atoms with Crippen LogP contribution in [0.15, 0.2) is 73.2 Å². The normalized spacial score (nSPS) is 16.4. The zero-order valence-corrected chi connectivity index (χ0v) is 22.4.